The van der Waals surface area contributed by atoms with Gasteiger partial charge in [-0.2, -0.15) is 32.9 Å². The number of benzene rings is 2. The molecule has 0 unspecified atom stereocenters. The van der Waals surface area contributed by atoms with Crippen LogP contribution in [0.3, 0.4) is 0 Å². The smallest absolute Gasteiger partial charge is 1.00 e. The number of anilines is 2. The van der Waals surface area contributed by atoms with E-state index in [0.29, 0.717) is 46.9 Å². The number of ether oxygens (including phenoxy) is 5. The molecule has 0 fully saturated rings. The van der Waals surface area contributed by atoms with E-state index in [1.54, 1.807) is 126 Å². The number of aliphatic hydroxyl groups is 1. The summed E-state index contributed by atoms with van der Waals surface area (Å²) in [5.41, 5.74) is 2.19. The van der Waals surface area contributed by atoms with Crippen LogP contribution in [-0.4, -0.2) is 82.1 Å². The SMILES string of the molecule is CC(C)(C)OC(=O)N(C(=O)OC(C)(C)C)c1ncccc1-c1cc(Cc2ccc(CO)cc2)no1.CC(C)(C)OC(=O)N(C(=O)OC(C)(C)C)c1ncccc1-c1cc(Cc2ccc(COc3cccc(F)n3)cc2)no1.Fc1cccc(F)n1.[H-].[Na+]. The molecular formula is C62H68F3N8NaO12. The number of amides is 4. The number of aliphatic hydroxyl groups excluding tert-OH is 1. The second-order valence-corrected chi connectivity index (χ2v) is 22.7. The minimum Gasteiger partial charge on any atom is -1.00 e. The minimum atomic E-state index is -0.936. The predicted octanol–water partition coefficient (Wildman–Crippen LogP) is 11.1. The Labute approximate surface area is 519 Å². The van der Waals surface area contributed by atoms with E-state index in [1.807, 2.05) is 48.5 Å². The first-order valence-corrected chi connectivity index (χ1v) is 26.6. The fourth-order valence-electron chi connectivity index (χ4n) is 7.25. The van der Waals surface area contributed by atoms with Gasteiger partial charge in [0.2, 0.25) is 23.7 Å². The monoisotopic (exact) mass is 1200 g/mol. The molecule has 1 N–H and O–H groups in total. The molecule has 0 bridgehead atoms. The standard InChI is InChI=1S/C31H33FN4O6.C26H31N3O6.C5H3F2N.Na.H/c1-30(2,3)40-28(37)36(29(38)41-31(4,5)6)27-23(9-8-16-33-27)24-18-22(35-42-24)17-20-12-14-21(15-13-20)19-39-26-11-7-10-25(32)34-26;1-25(2,3)33-23(31)29(24(32)34-26(4,5)6)22-20(8-7-13-27-22)21-15-19(28-35-21)14-17-9-11-18(16-30)12-10-17;6-4-2-1-3-5(7)8-4;;/h7-16,18H,17,19H2,1-6H3;7-13,15,30H,14,16H2,1-6H3;1-3H;;/q;;;+1;-1. The molecule has 6 heterocycles. The van der Waals surface area contributed by atoms with Gasteiger partial charge in [0, 0.05) is 43.4 Å². The van der Waals surface area contributed by atoms with Crippen LogP contribution in [0.15, 0.2) is 143 Å². The Morgan fingerprint density at radius 2 is 0.837 bits per heavy atom. The van der Waals surface area contributed by atoms with Crippen molar-refractivity contribution in [3.05, 3.63) is 185 Å². The van der Waals surface area contributed by atoms with Gasteiger partial charge < -0.3 is 39.3 Å². The second kappa shape index (κ2) is 30.0. The van der Waals surface area contributed by atoms with Gasteiger partial charge in [-0.1, -0.05) is 71.0 Å². The van der Waals surface area contributed by atoms with E-state index in [0.717, 1.165) is 44.2 Å². The van der Waals surface area contributed by atoms with E-state index >= 15 is 0 Å². The molecule has 0 aliphatic rings. The molecule has 0 aliphatic carbocycles. The van der Waals surface area contributed by atoms with E-state index in [2.05, 4.69) is 30.2 Å². The Morgan fingerprint density at radius 1 is 0.488 bits per heavy atom. The third-order valence-electron chi connectivity index (χ3n) is 10.7. The van der Waals surface area contributed by atoms with Crippen molar-refractivity contribution in [3.8, 4) is 28.5 Å². The maximum absolute atomic E-state index is 13.3. The van der Waals surface area contributed by atoms with Crippen LogP contribution in [0.5, 0.6) is 5.88 Å². The number of imide groups is 2. The molecule has 24 heteroatoms. The molecular weight excluding hydrogens is 1130 g/mol. The minimum absolute atomic E-state index is 0. The number of aromatic nitrogens is 6. The van der Waals surface area contributed by atoms with E-state index < -0.39 is 64.6 Å². The Balaban J connectivity index is 0.000000326. The predicted molar refractivity (Wildman–Crippen MR) is 308 cm³/mol. The summed E-state index contributed by atoms with van der Waals surface area (Å²) >= 11 is 0. The third-order valence-corrected chi connectivity index (χ3v) is 10.7. The van der Waals surface area contributed by atoms with Crippen LogP contribution in [-0.2, 0) is 45.0 Å². The summed E-state index contributed by atoms with van der Waals surface area (Å²) in [6.07, 6.45) is 0.141. The quantitative estimate of drug-likeness (QED) is 0.0679. The second-order valence-electron chi connectivity index (χ2n) is 22.7. The van der Waals surface area contributed by atoms with Crippen LogP contribution in [0.1, 0.15) is 118 Å². The molecule has 0 radical (unpaired) electrons. The van der Waals surface area contributed by atoms with Crippen molar-refractivity contribution in [1.29, 1.82) is 0 Å². The summed E-state index contributed by atoms with van der Waals surface area (Å²) < 4.78 is 75.5. The van der Waals surface area contributed by atoms with Gasteiger partial charge in [0.05, 0.1) is 29.1 Å². The van der Waals surface area contributed by atoms with Gasteiger partial charge >= 0.3 is 53.9 Å². The summed E-state index contributed by atoms with van der Waals surface area (Å²) in [6, 6.07) is 33.1. The van der Waals surface area contributed by atoms with Crippen molar-refractivity contribution >= 4 is 36.0 Å². The van der Waals surface area contributed by atoms with Crippen molar-refractivity contribution < 1.29 is 101 Å². The van der Waals surface area contributed by atoms with Crippen LogP contribution in [0.2, 0.25) is 0 Å². The molecule has 0 spiro atoms. The van der Waals surface area contributed by atoms with Crippen molar-refractivity contribution in [1.82, 2.24) is 30.2 Å². The van der Waals surface area contributed by atoms with Crippen molar-refractivity contribution in [2.24, 2.45) is 0 Å². The summed E-state index contributed by atoms with van der Waals surface area (Å²) in [5.74, 6) is -1.34. The Morgan fingerprint density at radius 3 is 1.17 bits per heavy atom. The molecule has 86 heavy (non-hydrogen) atoms. The van der Waals surface area contributed by atoms with Crippen LogP contribution < -0.4 is 44.1 Å². The number of carbonyl (C=O) groups is 4. The topological polar surface area (TPSA) is 245 Å². The van der Waals surface area contributed by atoms with Crippen LogP contribution >= 0.6 is 0 Å². The Kier molecular flexibility index (Phi) is 23.8. The van der Waals surface area contributed by atoms with Gasteiger partial charge in [0.25, 0.3) is 0 Å². The van der Waals surface area contributed by atoms with Gasteiger partial charge in [0.15, 0.2) is 23.2 Å². The van der Waals surface area contributed by atoms with E-state index in [9.17, 15) is 37.5 Å². The average Bonchev–Trinajstić information content (AvgIpc) is 2.09. The van der Waals surface area contributed by atoms with Crippen molar-refractivity contribution in [2.45, 2.75) is 132 Å². The number of rotatable bonds is 12. The zero-order valence-corrected chi connectivity index (χ0v) is 52.2. The molecule has 0 atom stereocenters. The fourth-order valence-corrected chi connectivity index (χ4v) is 7.25. The summed E-state index contributed by atoms with van der Waals surface area (Å²) in [6.45, 7) is 20.6. The summed E-state index contributed by atoms with van der Waals surface area (Å²) in [4.78, 5) is 69.1. The molecule has 450 valence electrons. The van der Waals surface area contributed by atoms with Crippen LogP contribution in [0.4, 0.5) is 44.0 Å². The first-order valence-electron chi connectivity index (χ1n) is 26.6. The van der Waals surface area contributed by atoms with E-state index in [-0.39, 0.29) is 61.7 Å². The molecule has 6 aromatic heterocycles. The number of nitrogens with zero attached hydrogens (tertiary/aromatic N) is 8. The van der Waals surface area contributed by atoms with Gasteiger partial charge in [-0.3, -0.25) is 0 Å². The molecule has 0 saturated carbocycles. The first kappa shape index (κ1) is 68.3. The molecule has 20 nitrogen and oxygen atoms in total. The van der Waals surface area contributed by atoms with Gasteiger partial charge in [-0.15, -0.1) is 0 Å². The maximum atomic E-state index is 13.3. The maximum Gasteiger partial charge on any atom is 1.00 e. The largest absolute Gasteiger partial charge is 1.00 e. The Bertz CT molecular complexity index is 3470. The number of hydrogen-bond acceptors (Lipinski definition) is 18. The summed E-state index contributed by atoms with van der Waals surface area (Å²) in [5, 5.41) is 17.5. The number of hydrogen-bond donors (Lipinski definition) is 1. The molecule has 0 saturated heterocycles. The number of pyridine rings is 4. The van der Waals surface area contributed by atoms with Crippen LogP contribution in [0, 0.1) is 17.8 Å². The number of carbonyl (C=O) groups excluding carboxylic acids is 4. The zero-order chi connectivity index (χ0) is 62.3. The molecule has 4 amide bonds. The van der Waals surface area contributed by atoms with Gasteiger partial charge in [-0.05, 0) is 148 Å². The summed E-state index contributed by atoms with van der Waals surface area (Å²) in [7, 11) is 0. The first-order chi connectivity index (χ1) is 39.9. The van der Waals surface area contributed by atoms with Gasteiger partial charge in [0.1, 0.15) is 29.0 Å². The van der Waals surface area contributed by atoms with E-state index in [1.165, 1.54) is 30.6 Å². The Hall–Kier alpha value is -8.51. The molecule has 2 aromatic carbocycles. The fraction of sp³-hybridized carbons (Fsp3) is 0.323. The normalized spacial score (nSPS) is 11.3. The van der Waals surface area contributed by atoms with Gasteiger partial charge in [-0.25, -0.2) is 29.1 Å². The van der Waals surface area contributed by atoms with Crippen molar-refractivity contribution in [2.75, 3.05) is 9.80 Å². The third kappa shape index (κ3) is 21.8. The molecule has 8 aromatic rings. The molecule has 8 rings (SSSR count). The molecule has 0 aliphatic heterocycles. The van der Waals surface area contributed by atoms with E-state index in [4.69, 9.17) is 32.7 Å². The number of halogens is 3. The zero-order valence-electron chi connectivity index (χ0n) is 51.2. The van der Waals surface area contributed by atoms with Crippen molar-refractivity contribution in [3.63, 3.8) is 0 Å². The average molecular weight is 1200 g/mol. The van der Waals surface area contributed by atoms with Crippen LogP contribution in [0.25, 0.3) is 22.6 Å².